The van der Waals surface area contributed by atoms with E-state index in [1.165, 1.54) is 11.3 Å². The standard InChI is InChI=1S/C8H9ClOS2/c1-5(11-2)8(10)6-3-4-7(9)12-6/h3-5H,1-2H3. The quantitative estimate of drug-likeness (QED) is 0.727. The van der Waals surface area contributed by atoms with Gasteiger partial charge < -0.3 is 0 Å². The Kier molecular flexibility index (Phi) is 3.62. The summed E-state index contributed by atoms with van der Waals surface area (Å²) in [5.74, 6) is 0.166. The molecular weight excluding hydrogens is 212 g/mol. The summed E-state index contributed by atoms with van der Waals surface area (Å²) in [4.78, 5) is 12.3. The highest BCUT2D eigenvalue weighted by molar-refractivity contribution is 7.99. The minimum Gasteiger partial charge on any atom is -0.292 e. The van der Waals surface area contributed by atoms with Crippen molar-refractivity contribution in [3.05, 3.63) is 21.3 Å². The molecule has 0 saturated heterocycles. The van der Waals surface area contributed by atoms with Crippen molar-refractivity contribution in [2.45, 2.75) is 12.2 Å². The Morgan fingerprint density at radius 1 is 1.67 bits per heavy atom. The van der Waals surface area contributed by atoms with Gasteiger partial charge in [-0.15, -0.1) is 11.3 Å². The largest absolute Gasteiger partial charge is 0.292 e. The Morgan fingerprint density at radius 2 is 2.33 bits per heavy atom. The normalized spacial score (nSPS) is 12.9. The van der Waals surface area contributed by atoms with Crippen molar-refractivity contribution in [1.82, 2.24) is 0 Å². The van der Waals surface area contributed by atoms with Crippen LogP contribution in [-0.4, -0.2) is 17.3 Å². The molecule has 4 heteroatoms. The van der Waals surface area contributed by atoms with Crippen LogP contribution in [0.1, 0.15) is 16.6 Å². The van der Waals surface area contributed by atoms with Gasteiger partial charge in [0.25, 0.3) is 0 Å². The van der Waals surface area contributed by atoms with Gasteiger partial charge in [0, 0.05) is 0 Å². The first-order chi connectivity index (χ1) is 5.65. The Hall–Kier alpha value is 0.01000. The first kappa shape index (κ1) is 10.1. The van der Waals surface area contributed by atoms with Crippen LogP contribution in [0, 0.1) is 0 Å². The summed E-state index contributed by atoms with van der Waals surface area (Å²) in [6, 6.07) is 3.54. The lowest BCUT2D eigenvalue weighted by atomic mass is 10.2. The van der Waals surface area contributed by atoms with Crippen LogP contribution in [0.5, 0.6) is 0 Å². The van der Waals surface area contributed by atoms with Gasteiger partial charge in [-0.2, -0.15) is 11.8 Å². The van der Waals surface area contributed by atoms with E-state index in [0.717, 1.165) is 4.88 Å². The highest BCUT2D eigenvalue weighted by atomic mass is 35.5. The van der Waals surface area contributed by atoms with Crippen LogP contribution >= 0.6 is 34.7 Å². The van der Waals surface area contributed by atoms with Crippen molar-refractivity contribution in [2.24, 2.45) is 0 Å². The van der Waals surface area contributed by atoms with Crippen molar-refractivity contribution < 1.29 is 4.79 Å². The van der Waals surface area contributed by atoms with E-state index in [0.29, 0.717) is 4.34 Å². The lowest BCUT2D eigenvalue weighted by molar-refractivity contribution is 0.0998. The number of Topliss-reactive ketones (excluding diaryl/α,β-unsaturated/α-hetero) is 1. The van der Waals surface area contributed by atoms with Crippen LogP contribution in [0.4, 0.5) is 0 Å². The van der Waals surface area contributed by atoms with Crippen molar-refractivity contribution >= 4 is 40.5 Å². The van der Waals surface area contributed by atoms with Gasteiger partial charge in [0.05, 0.1) is 14.5 Å². The Labute approximate surface area is 85.1 Å². The smallest absolute Gasteiger partial charge is 0.185 e. The summed E-state index contributed by atoms with van der Waals surface area (Å²) in [5.41, 5.74) is 0. The minimum atomic E-state index is 0.0275. The summed E-state index contributed by atoms with van der Waals surface area (Å²) in [5, 5.41) is 0.0275. The molecule has 1 aromatic heterocycles. The summed E-state index contributed by atoms with van der Waals surface area (Å²) < 4.78 is 0.673. The number of thiophene rings is 1. The predicted octanol–water partition coefficient (Wildman–Crippen LogP) is 3.34. The van der Waals surface area contributed by atoms with Gasteiger partial charge in [-0.3, -0.25) is 4.79 Å². The van der Waals surface area contributed by atoms with E-state index in [1.54, 1.807) is 23.9 Å². The lowest BCUT2D eigenvalue weighted by Gasteiger charge is -2.03. The van der Waals surface area contributed by atoms with Gasteiger partial charge in [0.2, 0.25) is 0 Å². The van der Waals surface area contributed by atoms with Gasteiger partial charge in [0.1, 0.15) is 0 Å². The van der Waals surface area contributed by atoms with Crippen LogP contribution in [0.15, 0.2) is 12.1 Å². The minimum absolute atomic E-state index is 0.0275. The Morgan fingerprint density at radius 3 is 2.75 bits per heavy atom. The number of hydrogen-bond acceptors (Lipinski definition) is 3. The zero-order valence-corrected chi connectivity index (χ0v) is 9.22. The summed E-state index contributed by atoms with van der Waals surface area (Å²) in [6.07, 6.45) is 1.93. The molecule has 1 nitrogen and oxygen atoms in total. The van der Waals surface area contributed by atoms with Crippen LogP contribution in [0.2, 0.25) is 4.34 Å². The number of carbonyl (C=O) groups is 1. The van der Waals surface area contributed by atoms with Gasteiger partial charge in [-0.05, 0) is 25.3 Å². The molecule has 0 radical (unpaired) electrons. The molecule has 0 aliphatic carbocycles. The van der Waals surface area contributed by atoms with Crippen molar-refractivity contribution in [3.8, 4) is 0 Å². The van der Waals surface area contributed by atoms with Crippen molar-refractivity contribution in [1.29, 1.82) is 0 Å². The van der Waals surface area contributed by atoms with E-state index in [4.69, 9.17) is 11.6 Å². The molecule has 66 valence electrons. The SMILES string of the molecule is CSC(C)C(=O)c1ccc(Cl)s1. The topological polar surface area (TPSA) is 17.1 Å². The molecule has 1 heterocycles. The fourth-order valence-corrected chi connectivity index (χ4v) is 2.24. The van der Waals surface area contributed by atoms with Crippen LogP contribution < -0.4 is 0 Å². The first-order valence-corrected chi connectivity index (χ1v) is 5.95. The molecule has 0 fully saturated rings. The monoisotopic (exact) mass is 220 g/mol. The molecule has 0 aromatic carbocycles. The third kappa shape index (κ3) is 2.25. The second-order valence-corrected chi connectivity index (χ2v) is 5.24. The molecule has 0 spiro atoms. The van der Waals surface area contributed by atoms with Crippen molar-refractivity contribution in [3.63, 3.8) is 0 Å². The number of rotatable bonds is 3. The lowest BCUT2D eigenvalue weighted by Crippen LogP contribution is -2.10. The molecule has 0 aliphatic rings. The molecule has 0 saturated carbocycles. The molecule has 12 heavy (non-hydrogen) atoms. The maximum Gasteiger partial charge on any atom is 0.185 e. The third-order valence-corrected chi connectivity index (χ3v) is 3.71. The molecule has 0 bridgehead atoms. The summed E-state index contributed by atoms with van der Waals surface area (Å²) >= 11 is 8.60. The molecule has 1 aromatic rings. The fourth-order valence-electron chi connectivity index (χ4n) is 0.754. The molecule has 1 rings (SSSR count). The van der Waals surface area contributed by atoms with Gasteiger partial charge in [-0.1, -0.05) is 11.6 Å². The number of ketones is 1. The Bertz CT molecular complexity index is 282. The van der Waals surface area contributed by atoms with E-state index >= 15 is 0 Å². The predicted molar refractivity (Wildman–Crippen MR) is 56.6 cm³/mol. The molecule has 0 aliphatic heterocycles. The molecule has 0 amide bonds. The maximum atomic E-state index is 11.5. The van der Waals surface area contributed by atoms with E-state index < -0.39 is 0 Å². The Balaban J connectivity index is 2.78. The number of halogens is 1. The highest BCUT2D eigenvalue weighted by Gasteiger charge is 2.15. The van der Waals surface area contributed by atoms with E-state index in [-0.39, 0.29) is 11.0 Å². The van der Waals surface area contributed by atoms with Crippen LogP contribution in [0.3, 0.4) is 0 Å². The van der Waals surface area contributed by atoms with Crippen LogP contribution in [-0.2, 0) is 0 Å². The summed E-state index contributed by atoms with van der Waals surface area (Å²) in [6.45, 7) is 1.90. The van der Waals surface area contributed by atoms with Gasteiger partial charge in [-0.25, -0.2) is 0 Å². The van der Waals surface area contributed by atoms with Gasteiger partial charge in [0.15, 0.2) is 5.78 Å². The fraction of sp³-hybridized carbons (Fsp3) is 0.375. The molecule has 1 atom stereocenters. The zero-order valence-electron chi connectivity index (χ0n) is 6.83. The number of hydrogen-bond donors (Lipinski definition) is 0. The molecule has 1 unspecified atom stereocenters. The number of thioether (sulfide) groups is 1. The number of carbonyl (C=O) groups excluding carboxylic acids is 1. The third-order valence-electron chi connectivity index (χ3n) is 1.54. The second-order valence-electron chi connectivity index (χ2n) is 2.35. The second kappa shape index (κ2) is 4.30. The van der Waals surface area contributed by atoms with E-state index in [2.05, 4.69) is 0 Å². The summed E-state index contributed by atoms with van der Waals surface area (Å²) in [7, 11) is 0. The van der Waals surface area contributed by atoms with Crippen LogP contribution in [0.25, 0.3) is 0 Å². The van der Waals surface area contributed by atoms with Crippen molar-refractivity contribution in [2.75, 3.05) is 6.26 Å². The molecule has 0 N–H and O–H groups in total. The zero-order chi connectivity index (χ0) is 9.14. The van der Waals surface area contributed by atoms with E-state index in [1.807, 2.05) is 13.2 Å². The van der Waals surface area contributed by atoms with Gasteiger partial charge >= 0.3 is 0 Å². The molecular formula is C8H9ClOS2. The average molecular weight is 221 g/mol. The van der Waals surface area contributed by atoms with E-state index in [9.17, 15) is 4.79 Å². The maximum absolute atomic E-state index is 11.5. The first-order valence-electron chi connectivity index (χ1n) is 3.47. The highest BCUT2D eigenvalue weighted by Crippen LogP contribution is 2.24. The average Bonchev–Trinajstić information content (AvgIpc) is 2.49.